The number of aromatic nitrogens is 1. The molecular weight excluding hydrogens is 388 g/mol. The van der Waals surface area contributed by atoms with Crippen molar-refractivity contribution in [3.05, 3.63) is 56.0 Å². The quantitative estimate of drug-likeness (QED) is 0.464. The molecule has 140 valence electrons. The molecule has 1 fully saturated rings. The highest BCUT2D eigenvalue weighted by molar-refractivity contribution is 7.81. The topological polar surface area (TPSA) is 109 Å². The van der Waals surface area contributed by atoms with E-state index in [1.807, 2.05) is 5.38 Å². The first kappa shape index (κ1) is 19.1. The number of benzene rings is 1. The van der Waals surface area contributed by atoms with Gasteiger partial charge in [-0.1, -0.05) is 0 Å². The normalized spacial score (nSPS) is 18.9. The molecule has 0 unspecified atom stereocenters. The zero-order valence-electron chi connectivity index (χ0n) is 14.1. The number of rotatable bonds is 5. The molecule has 0 N–H and O–H groups in total. The molecule has 8 nitrogen and oxygen atoms in total. The third-order valence-electron chi connectivity index (χ3n) is 4.14. The summed E-state index contributed by atoms with van der Waals surface area (Å²) < 4.78 is 5.37. The summed E-state index contributed by atoms with van der Waals surface area (Å²) in [7, 11) is 0. The van der Waals surface area contributed by atoms with Gasteiger partial charge < -0.3 is 4.74 Å². The zero-order valence-corrected chi connectivity index (χ0v) is 15.9. The van der Waals surface area contributed by atoms with Gasteiger partial charge in [-0.2, -0.15) is 17.9 Å². The van der Waals surface area contributed by atoms with Crippen LogP contribution in [-0.4, -0.2) is 32.7 Å². The molecule has 1 aromatic heterocycles. The van der Waals surface area contributed by atoms with Gasteiger partial charge in [0.15, 0.2) is 0 Å². The fraction of sp³-hybridized carbons (Fsp3) is 0.353. The number of carbonyl (C=O) groups is 1. The second-order valence-corrected chi connectivity index (χ2v) is 7.67. The lowest BCUT2D eigenvalue weighted by molar-refractivity contribution is -0.384. The number of hydrogen-bond donors (Lipinski definition) is 1. The Balaban J connectivity index is 1.64. The van der Waals surface area contributed by atoms with Crippen LogP contribution in [0.1, 0.15) is 28.7 Å². The third kappa shape index (κ3) is 4.56. The number of nitro benzene ring substituents is 1. The second-order valence-electron chi connectivity index (χ2n) is 6.05. The molecule has 2 aromatic rings. The van der Waals surface area contributed by atoms with Gasteiger partial charge in [0.05, 0.1) is 29.1 Å². The number of thiol groups is 1. The molecule has 1 aliphatic heterocycles. The molecule has 1 saturated heterocycles. The average Bonchev–Trinajstić information content (AvgIpc) is 3.27. The number of carbonyl (C=O) groups excluding carboxylic acids is 1. The fourth-order valence-electron chi connectivity index (χ4n) is 2.83. The minimum absolute atomic E-state index is 0.0143. The van der Waals surface area contributed by atoms with Gasteiger partial charge in [0.2, 0.25) is 0 Å². The number of likely N-dealkylation sites (tertiary alicyclic amines) is 1. The molecule has 1 aliphatic rings. The first-order valence-electron chi connectivity index (χ1n) is 8.14. The van der Waals surface area contributed by atoms with E-state index in [2.05, 4.69) is 23.7 Å². The molecule has 10 heteroatoms. The highest BCUT2D eigenvalue weighted by atomic mass is 32.1. The monoisotopic (exact) mass is 404 g/mol. The van der Waals surface area contributed by atoms with Crippen LogP contribution in [0.15, 0.2) is 29.6 Å². The summed E-state index contributed by atoms with van der Waals surface area (Å²) in [6.45, 7) is 0.467. The Morgan fingerprint density at radius 3 is 2.89 bits per heavy atom. The highest BCUT2D eigenvalue weighted by Gasteiger charge is 2.37. The first-order valence-corrected chi connectivity index (χ1v) is 9.53. The zero-order chi connectivity index (χ0) is 19.4. The number of amides is 1. The van der Waals surface area contributed by atoms with Crippen LogP contribution in [0.5, 0.6) is 0 Å². The fourth-order valence-corrected chi connectivity index (χ4v) is 4.15. The molecule has 27 heavy (non-hydrogen) atoms. The SMILES string of the molecule is N#CCc1csc([C@@H]2C[C@H](S)CN2C(=O)OCc2ccc([N+](=O)[O-])cc2)n1. The molecule has 0 bridgehead atoms. The van der Waals surface area contributed by atoms with E-state index in [1.54, 1.807) is 17.0 Å². The summed E-state index contributed by atoms with van der Waals surface area (Å²) in [5, 5.41) is 22.1. The average molecular weight is 404 g/mol. The van der Waals surface area contributed by atoms with Crippen LogP contribution >= 0.6 is 24.0 Å². The Hall–Kier alpha value is -2.64. The van der Waals surface area contributed by atoms with Crippen molar-refractivity contribution in [3.8, 4) is 6.07 Å². The van der Waals surface area contributed by atoms with Gasteiger partial charge in [-0.25, -0.2) is 9.78 Å². The Labute approximate surface area is 164 Å². The van der Waals surface area contributed by atoms with Crippen molar-refractivity contribution < 1.29 is 14.5 Å². The molecule has 2 atom stereocenters. The van der Waals surface area contributed by atoms with Crippen LogP contribution in [0.3, 0.4) is 0 Å². The minimum Gasteiger partial charge on any atom is -0.445 e. The van der Waals surface area contributed by atoms with Gasteiger partial charge in [0.25, 0.3) is 5.69 Å². The van der Waals surface area contributed by atoms with Gasteiger partial charge >= 0.3 is 6.09 Å². The second kappa shape index (κ2) is 8.37. The molecule has 1 amide bonds. The van der Waals surface area contributed by atoms with E-state index in [-0.39, 0.29) is 30.0 Å². The van der Waals surface area contributed by atoms with Crippen molar-refractivity contribution in [1.29, 1.82) is 5.26 Å². The standard InChI is InChI=1S/C17H16N4O4S2/c18-6-5-12-10-27-16(19-12)15-7-14(26)8-20(15)17(22)25-9-11-1-3-13(4-2-11)21(23)24/h1-4,10,14-15,26H,5,7-9H2/t14-,15-/m0/s1. The van der Waals surface area contributed by atoms with E-state index in [9.17, 15) is 14.9 Å². The van der Waals surface area contributed by atoms with E-state index in [4.69, 9.17) is 10.00 Å². The van der Waals surface area contributed by atoms with Gasteiger partial charge in [0.1, 0.15) is 11.6 Å². The number of nitrogens with zero attached hydrogens (tertiary/aromatic N) is 4. The summed E-state index contributed by atoms with van der Waals surface area (Å²) in [4.78, 5) is 28.8. The molecule has 1 aromatic carbocycles. The summed E-state index contributed by atoms with van der Waals surface area (Å²) in [6, 6.07) is 7.70. The first-order chi connectivity index (χ1) is 13.0. The molecule has 0 spiro atoms. The van der Waals surface area contributed by atoms with Crippen molar-refractivity contribution in [3.63, 3.8) is 0 Å². The van der Waals surface area contributed by atoms with Crippen molar-refractivity contribution in [2.75, 3.05) is 6.54 Å². The smallest absolute Gasteiger partial charge is 0.410 e. The highest BCUT2D eigenvalue weighted by Crippen LogP contribution is 2.36. The number of ether oxygens (including phenoxy) is 1. The van der Waals surface area contributed by atoms with Crippen LogP contribution < -0.4 is 0 Å². The van der Waals surface area contributed by atoms with Crippen molar-refractivity contribution >= 4 is 35.7 Å². The molecule has 2 heterocycles. The largest absolute Gasteiger partial charge is 0.445 e. The van der Waals surface area contributed by atoms with Crippen LogP contribution in [0.25, 0.3) is 0 Å². The van der Waals surface area contributed by atoms with E-state index >= 15 is 0 Å². The van der Waals surface area contributed by atoms with E-state index < -0.39 is 11.0 Å². The van der Waals surface area contributed by atoms with Gasteiger partial charge in [-0.3, -0.25) is 15.0 Å². The lowest BCUT2D eigenvalue weighted by atomic mass is 10.2. The molecule has 3 rings (SSSR count). The molecule has 0 saturated carbocycles. The number of hydrogen-bond acceptors (Lipinski definition) is 8. The maximum atomic E-state index is 12.5. The van der Waals surface area contributed by atoms with E-state index in [1.165, 1.54) is 23.5 Å². The van der Waals surface area contributed by atoms with Gasteiger partial charge in [-0.15, -0.1) is 11.3 Å². The third-order valence-corrected chi connectivity index (χ3v) is 5.51. The van der Waals surface area contributed by atoms with Gasteiger partial charge in [-0.05, 0) is 24.1 Å². The Bertz CT molecular complexity index is 878. The maximum absolute atomic E-state index is 12.5. The van der Waals surface area contributed by atoms with E-state index in [0.29, 0.717) is 24.2 Å². The molecule has 0 radical (unpaired) electrons. The number of nitro groups is 1. The van der Waals surface area contributed by atoms with Gasteiger partial charge in [0, 0.05) is 29.3 Å². The Morgan fingerprint density at radius 1 is 1.48 bits per heavy atom. The summed E-state index contributed by atoms with van der Waals surface area (Å²) in [5.74, 6) is 0. The van der Waals surface area contributed by atoms with E-state index in [0.717, 1.165) is 5.01 Å². The lowest BCUT2D eigenvalue weighted by Gasteiger charge is -2.22. The Morgan fingerprint density at radius 2 is 2.22 bits per heavy atom. The number of nitriles is 1. The van der Waals surface area contributed by atoms with Crippen molar-refractivity contribution in [1.82, 2.24) is 9.88 Å². The summed E-state index contributed by atoms with van der Waals surface area (Å²) in [5.41, 5.74) is 1.34. The molecular formula is C17H16N4O4S2. The van der Waals surface area contributed by atoms with Crippen molar-refractivity contribution in [2.24, 2.45) is 0 Å². The predicted molar refractivity (Wildman–Crippen MR) is 102 cm³/mol. The maximum Gasteiger partial charge on any atom is 0.410 e. The van der Waals surface area contributed by atoms with Crippen LogP contribution in [0, 0.1) is 21.4 Å². The van der Waals surface area contributed by atoms with Crippen LogP contribution in [0.2, 0.25) is 0 Å². The minimum atomic E-state index is -0.480. The number of thiazole rings is 1. The Kier molecular flexibility index (Phi) is 5.93. The van der Waals surface area contributed by atoms with Crippen molar-refractivity contribution in [2.45, 2.75) is 30.7 Å². The van der Waals surface area contributed by atoms with Crippen LogP contribution in [-0.2, 0) is 17.8 Å². The summed E-state index contributed by atoms with van der Waals surface area (Å²) >= 11 is 5.90. The predicted octanol–water partition coefficient (Wildman–Crippen LogP) is 3.50. The number of non-ortho nitro benzene ring substituents is 1. The lowest BCUT2D eigenvalue weighted by Crippen LogP contribution is -2.31. The summed E-state index contributed by atoms with van der Waals surface area (Å²) in [6.07, 6.45) is 0.417. The van der Waals surface area contributed by atoms with Crippen LogP contribution in [0.4, 0.5) is 10.5 Å². The molecule has 0 aliphatic carbocycles.